The molecule has 1 aromatic carbocycles. The van der Waals surface area contributed by atoms with E-state index in [1.807, 2.05) is 32.3 Å². The molecule has 3 nitrogen and oxygen atoms in total. The van der Waals surface area contributed by atoms with Crippen LogP contribution < -0.4 is 4.74 Å². The first-order valence-corrected chi connectivity index (χ1v) is 6.09. The summed E-state index contributed by atoms with van der Waals surface area (Å²) < 4.78 is 5.66. The summed E-state index contributed by atoms with van der Waals surface area (Å²) in [6.45, 7) is 0.730. The standard InChI is InChI=1S/C14H17NO2/c1-15(2)13(16)11-9-14(11)7-8-17-12-6-4-3-5-10(12)14/h3-6,11H,7-9H2,1-2H3/t11-,14-/m0/s1. The Bertz CT molecular complexity index is 469. The van der Waals surface area contributed by atoms with E-state index in [4.69, 9.17) is 4.74 Å². The minimum absolute atomic E-state index is 0.0657. The topological polar surface area (TPSA) is 29.5 Å². The van der Waals surface area contributed by atoms with E-state index in [0.717, 1.165) is 25.2 Å². The molecule has 0 saturated heterocycles. The number of hydrogen-bond acceptors (Lipinski definition) is 2. The van der Waals surface area contributed by atoms with Gasteiger partial charge >= 0.3 is 0 Å². The van der Waals surface area contributed by atoms with E-state index in [1.54, 1.807) is 4.90 Å². The second-order valence-corrected chi connectivity index (χ2v) is 5.24. The van der Waals surface area contributed by atoms with Gasteiger partial charge in [0.15, 0.2) is 0 Å². The van der Waals surface area contributed by atoms with Gasteiger partial charge in [0.05, 0.1) is 6.61 Å². The van der Waals surface area contributed by atoms with Gasteiger partial charge in [-0.25, -0.2) is 0 Å². The van der Waals surface area contributed by atoms with Crippen LogP contribution in [0.5, 0.6) is 5.75 Å². The van der Waals surface area contributed by atoms with Crippen LogP contribution in [-0.4, -0.2) is 31.5 Å². The molecule has 1 aliphatic heterocycles. The molecule has 2 atom stereocenters. The second kappa shape index (κ2) is 3.49. The maximum Gasteiger partial charge on any atom is 0.226 e. The van der Waals surface area contributed by atoms with Gasteiger partial charge in [0, 0.05) is 31.0 Å². The van der Waals surface area contributed by atoms with Gasteiger partial charge in [0.25, 0.3) is 0 Å². The normalized spacial score (nSPS) is 29.4. The summed E-state index contributed by atoms with van der Waals surface area (Å²) in [7, 11) is 3.67. The van der Waals surface area contributed by atoms with Gasteiger partial charge in [-0.05, 0) is 18.9 Å². The number of carbonyl (C=O) groups is 1. The third kappa shape index (κ3) is 1.45. The number of amides is 1. The number of ether oxygens (including phenoxy) is 1. The summed E-state index contributed by atoms with van der Waals surface area (Å²) in [5, 5.41) is 0. The Balaban J connectivity index is 1.95. The quantitative estimate of drug-likeness (QED) is 0.737. The van der Waals surface area contributed by atoms with Crippen LogP contribution in [0.3, 0.4) is 0 Å². The second-order valence-electron chi connectivity index (χ2n) is 5.24. The van der Waals surface area contributed by atoms with Crippen LogP contribution in [0.25, 0.3) is 0 Å². The summed E-state index contributed by atoms with van der Waals surface area (Å²) >= 11 is 0. The van der Waals surface area contributed by atoms with Gasteiger partial charge in [0.2, 0.25) is 5.91 Å². The number of fused-ring (bicyclic) bond motifs is 2. The molecule has 0 radical (unpaired) electrons. The Labute approximate surface area is 101 Å². The molecular weight excluding hydrogens is 214 g/mol. The Morgan fingerprint density at radius 2 is 2.18 bits per heavy atom. The van der Waals surface area contributed by atoms with Gasteiger partial charge in [-0.15, -0.1) is 0 Å². The Morgan fingerprint density at radius 3 is 2.94 bits per heavy atom. The molecule has 1 aromatic rings. The number of rotatable bonds is 1. The van der Waals surface area contributed by atoms with Crippen molar-refractivity contribution >= 4 is 5.91 Å². The van der Waals surface area contributed by atoms with Crippen LogP contribution in [0.4, 0.5) is 0 Å². The lowest BCUT2D eigenvalue weighted by atomic mass is 9.87. The minimum Gasteiger partial charge on any atom is -0.493 e. The lowest BCUT2D eigenvalue weighted by molar-refractivity contribution is -0.130. The minimum atomic E-state index is 0.0657. The highest BCUT2D eigenvalue weighted by atomic mass is 16.5. The van der Waals surface area contributed by atoms with Crippen molar-refractivity contribution in [2.45, 2.75) is 18.3 Å². The van der Waals surface area contributed by atoms with Crippen LogP contribution >= 0.6 is 0 Å². The van der Waals surface area contributed by atoms with Crippen LogP contribution in [0.2, 0.25) is 0 Å². The van der Waals surface area contributed by atoms with Crippen LogP contribution in [-0.2, 0) is 10.2 Å². The third-order valence-corrected chi connectivity index (χ3v) is 4.04. The van der Waals surface area contributed by atoms with E-state index in [0.29, 0.717) is 0 Å². The summed E-state index contributed by atoms with van der Waals surface area (Å²) in [5.41, 5.74) is 1.29. The van der Waals surface area contributed by atoms with Gasteiger partial charge in [-0.3, -0.25) is 4.79 Å². The van der Waals surface area contributed by atoms with Crippen molar-refractivity contribution in [3.63, 3.8) is 0 Å². The smallest absolute Gasteiger partial charge is 0.226 e. The number of hydrogen-bond donors (Lipinski definition) is 0. The first-order valence-electron chi connectivity index (χ1n) is 6.09. The molecule has 0 unspecified atom stereocenters. The maximum atomic E-state index is 12.1. The predicted octanol–water partition coefficient (Wildman–Crippen LogP) is 1.81. The van der Waals surface area contributed by atoms with Crippen molar-refractivity contribution in [2.24, 2.45) is 5.92 Å². The van der Waals surface area contributed by atoms with E-state index in [1.165, 1.54) is 5.56 Å². The van der Waals surface area contributed by atoms with Crippen molar-refractivity contribution in [1.82, 2.24) is 4.90 Å². The fraction of sp³-hybridized carbons (Fsp3) is 0.500. The number of benzene rings is 1. The average molecular weight is 231 g/mol. The Morgan fingerprint density at radius 1 is 1.41 bits per heavy atom. The fourth-order valence-corrected chi connectivity index (χ4v) is 3.00. The lowest BCUT2D eigenvalue weighted by Gasteiger charge is -2.27. The van der Waals surface area contributed by atoms with Crippen molar-refractivity contribution in [3.05, 3.63) is 29.8 Å². The van der Waals surface area contributed by atoms with Crippen molar-refractivity contribution in [3.8, 4) is 5.75 Å². The van der Waals surface area contributed by atoms with Crippen LogP contribution in [0, 0.1) is 5.92 Å². The van der Waals surface area contributed by atoms with Crippen LogP contribution in [0.1, 0.15) is 18.4 Å². The maximum absolute atomic E-state index is 12.1. The van der Waals surface area contributed by atoms with Crippen molar-refractivity contribution in [1.29, 1.82) is 0 Å². The van der Waals surface area contributed by atoms with Gasteiger partial charge in [-0.2, -0.15) is 0 Å². The zero-order valence-corrected chi connectivity index (χ0v) is 10.3. The Kier molecular flexibility index (Phi) is 2.18. The molecule has 1 heterocycles. The summed E-state index contributed by atoms with van der Waals surface area (Å²) in [6, 6.07) is 8.14. The third-order valence-electron chi connectivity index (χ3n) is 4.04. The predicted molar refractivity (Wildman–Crippen MR) is 65.0 cm³/mol. The SMILES string of the molecule is CN(C)C(=O)[C@@H]1C[C@]12CCOc1ccccc12. The lowest BCUT2D eigenvalue weighted by Crippen LogP contribution is -2.30. The van der Waals surface area contributed by atoms with Gasteiger partial charge in [-0.1, -0.05) is 18.2 Å². The molecule has 2 aliphatic rings. The number of nitrogens with zero attached hydrogens (tertiary/aromatic N) is 1. The highest BCUT2D eigenvalue weighted by Crippen LogP contribution is 2.60. The molecule has 1 saturated carbocycles. The summed E-state index contributed by atoms with van der Waals surface area (Å²) in [5.74, 6) is 1.37. The molecule has 17 heavy (non-hydrogen) atoms. The van der Waals surface area contributed by atoms with Crippen LogP contribution in [0.15, 0.2) is 24.3 Å². The molecule has 1 fully saturated rings. The van der Waals surface area contributed by atoms with E-state index < -0.39 is 0 Å². The number of carbonyl (C=O) groups excluding carboxylic acids is 1. The average Bonchev–Trinajstić information content (AvgIpc) is 3.04. The molecule has 90 valence electrons. The fourth-order valence-electron chi connectivity index (χ4n) is 3.00. The van der Waals surface area contributed by atoms with Gasteiger partial charge < -0.3 is 9.64 Å². The summed E-state index contributed by atoms with van der Waals surface area (Å²) in [4.78, 5) is 13.8. The molecule has 0 N–H and O–H groups in total. The van der Waals surface area contributed by atoms with Crippen molar-refractivity contribution < 1.29 is 9.53 Å². The van der Waals surface area contributed by atoms with E-state index in [9.17, 15) is 4.79 Å². The molecule has 1 spiro atoms. The Hall–Kier alpha value is -1.51. The molecule has 0 bridgehead atoms. The highest BCUT2D eigenvalue weighted by Gasteiger charge is 2.61. The molecule has 1 amide bonds. The van der Waals surface area contributed by atoms with Crippen molar-refractivity contribution in [2.75, 3.05) is 20.7 Å². The van der Waals surface area contributed by atoms with Gasteiger partial charge in [0.1, 0.15) is 5.75 Å². The largest absolute Gasteiger partial charge is 0.493 e. The monoisotopic (exact) mass is 231 g/mol. The highest BCUT2D eigenvalue weighted by molar-refractivity contribution is 5.84. The molecule has 3 heteroatoms. The number of para-hydroxylation sites is 1. The first kappa shape index (κ1) is 10.6. The first-order chi connectivity index (χ1) is 8.15. The summed E-state index contributed by atoms with van der Waals surface area (Å²) in [6.07, 6.45) is 1.94. The van der Waals surface area contributed by atoms with E-state index in [2.05, 4.69) is 6.07 Å². The van der Waals surface area contributed by atoms with E-state index >= 15 is 0 Å². The molecular formula is C14H17NO2. The molecule has 3 rings (SSSR count). The zero-order chi connectivity index (χ0) is 12.0. The molecule has 1 aliphatic carbocycles. The van der Waals surface area contributed by atoms with E-state index in [-0.39, 0.29) is 17.2 Å². The molecule has 0 aromatic heterocycles. The zero-order valence-electron chi connectivity index (χ0n) is 10.3.